The Hall–Kier alpha value is -3.22. The molecule has 6 nitrogen and oxygen atoms in total. The van der Waals surface area contributed by atoms with Crippen molar-refractivity contribution in [3.63, 3.8) is 0 Å². The molecule has 3 aromatic carbocycles. The smallest absolute Gasteiger partial charge is 0.262 e. The molecule has 0 bridgehead atoms. The number of nitrogens with one attached hydrogen (secondary N) is 2. The van der Waals surface area contributed by atoms with Gasteiger partial charge in [-0.3, -0.25) is 4.79 Å². The van der Waals surface area contributed by atoms with Gasteiger partial charge >= 0.3 is 0 Å². The second-order valence-corrected chi connectivity index (χ2v) is 7.96. The maximum absolute atomic E-state index is 12.2. The number of hydrogen-bond donors (Lipinski definition) is 2. The van der Waals surface area contributed by atoms with Gasteiger partial charge in [0.25, 0.3) is 5.91 Å². The largest absolute Gasteiger partial charge is 0.496 e. The van der Waals surface area contributed by atoms with Crippen LogP contribution in [0.4, 0.5) is 5.69 Å². The van der Waals surface area contributed by atoms with Gasteiger partial charge in [0.1, 0.15) is 5.75 Å². The van der Waals surface area contributed by atoms with Crippen molar-refractivity contribution < 1.29 is 19.0 Å². The fourth-order valence-corrected chi connectivity index (χ4v) is 3.64. The molecule has 7 heteroatoms. The molecule has 33 heavy (non-hydrogen) atoms. The second-order valence-electron chi connectivity index (χ2n) is 7.55. The number of amides is 1. The molecule has 0 aliphatic heterocycles. The van der Waals surface area contributed by atoms with E-state index in [0.717, 1.165) is 35.4 Å². The molecule has 0 aliphatic rings. The summed E-state index contributed by atoms with van der Waals surface area (Å²) in [5.74, 6) is 1.43. The van der Waals surface area contributed by atoms with E-state index in [1.165, 1.54) is 0 Å². The first kappa shape index (κ1) is 24.4. The highest BCUT2D eigenvalue weighted by Gasteiger charge is 2.14. The Morgan fingerprint density at radius 1 is 0.970 bits per heavy atom. The van der Waals surface area contributed by atoms with Crippen LogP contribution >= 0.6 is 11.6 Å². The highest BCUT2D eigenvalue weighted by Crippen LogP contribution is 2.36. The van der Waals surface area contributed by atoms with Crippen LogP contribution in [0.1, 0.15) is 16.7 Å². The molecule has 0 atom stereocenters. The summed E-state index contributed by atoms with van der Waals surface area (Å²) in [5.41, 5.74) is 3.93. The van der Waals surface area contributed by atoms with Crippen molar-refractivity contribution in [1.82, 2.24) is 5.32 Å². The molecule has 0 aromatic heterocycles. The lowest BCUT2D eigenvalue weighted by Gasteiger charge is -2.15. The predicted molar refractivity (Wildman–Crippen MR) is 132 cm³/mol. The van der Waals surface area contributed by atoms with Gasteiger partial charge in [-0.25, -0.2) is 0 Å². The van der Waals surface area contributed by atoms with E-state index >= 15 is 0 Å². The third-order valence-electron chi connectivity index (χ3n) is 5.06. The summed E-state index contributed by atoms with van der Waals surface area (Å²) in [6.07, 6.45) is 0.839. The van der Waals surface area contributed by atoms with Crippen LogP contribution in [-0.2, 0) is 17.8 Å². The highest BCUT2D eigenvalue weighted by atomic mass is 35.5. The van der Waals surface area contributed by atoms with Crippen LogP contribution in [0.15, 0.2) is 60.7 Å². The summed E-state index contributed by atoms with van der Waals surface area (Å²) in [4.78, 5) is 12.2. The van der Waals surface area contributed by atoms with Gasteiger partial charge < -0.3 is 24.8 Å². The summed E-state index contributed by atoms with van der Waals surface area (Å²) in [6, 6.07) is 19.2. The molecule has 174 valence electrons. The number of anilines is 1. The molecule has 3 aromatic rings. The number of benzene rings is 3. The van der Waals surface area contributed by atoms with Crippen molar-refractivity contribution in [2.24, 2.45) is 0 Å². The van der Waals surface area contributed by atoms with Gasteiger partial charge in [-0.1, -0.05) is 47.5 Å². The zero-order valence-electron chi connectivity index (χ0n) is 19.1. The summed E-state index contributed by atoms with van der Waals surface area (Å²) < 4.78 is 16.5. The molecule has 1 amide bonds. The topological polar surface area (TPSA) is 68.8 Å². The Labute approximate surface area is 199 Å². The van der Waals surface area contributed by atoms with Gasteiger partial charge in [-0.05, 0) is 61.3 Å². The van der Waals surface area contributed by atoms with E-state index in [0.29, 0.717) is 28.8 Å². The minimum Gasteiger partial charge on any atom is -0.496 e. The average molecular weight is 469 g/mol. The monoisotopic (exact) mass is 468 g/mol. The Kier molecular flexibility index (Phi) is 8.98. The molecule has 0 saturated heterocycles. The van der Waals surface area contributed by atoms with Gasteiger partial charge in [0.2, 0.25) is 0 Å². The zero-order valence-corrected chi connectivity index (χ0v) is 19.9. The number of carbonyl (C=O) groups is 1. The molecule has 0 spiro atoms. The first-order chi connectivity index (χ1) is 16.0. The molecular formula is C26H29ClN2O4. The molecule has 0 fully saturated rings. The zero-order chi connectivity index (χ0) is 23.6. The fourth-order valence-electron chi connectivity index (χ4n) is 3.35. The van der Waals surface area contributed by atoms with Crippen LogP contribution in [0.5, 0.6) is 17.2 Å². The number of rotatable bonds is 11. The minimum absolute atomic E-state index is 0.180. The Balaban J connectivity index is 1.54. The lowest BCUT2D eigenvalue weighted by atomic mass is 10.1. The molecule has 0 heterocycles. The van der Waals surface area contributed by atoms with E-state index in [-0.39, 0.29) is 12.5 Å². The van der Waals surface area contributed by atoms with Crippen LogP contribution in [0.3, 0.4) is 0 Å². The van der Waals surface area contributed by atoms with Gasteiger partial charge in [-0.15, -0.1) is 0 Å². The van der Waals surface area contributed by atoms with E-state index in [1.807, 2.05) is 61.5 Å². The van der Waals surface area contributed by atoms with Gasteiger partial charge in [0.05, 0.1) is 19.2 Å². The van der Waals surface area contributed by atoms with Crippen molar-refractivity contribution in [2.75, 3.05) is 32.7 Å². The minimum atomic E-state index is -0.279. The third kappa shape index (κ3) is 7.14. The fraction of sp³-hybridized carbons (Fsp3) is 0.269. The normalized spacial score (nSPS) is 10.5. The molecule has 0 unspecified atom stereocenters. The predicted octanol–water partition coefficient (Wildman–Crippen LogP) is 5.02. The van der Waals surface area contributed by atoms with Crippen molar-refractivity contribution in [3.8, 4) is 17.2 Å². The Morgan fingerprint density at radius 3 is 2.42 bits per heavy atom. The molecule has 0 aliphatic carbocycles. The number of ether oxygens (including phenoxy) is 3. The average Bonchev–Trinajstić information content (AvgIpc) is 2.82. The van der Waals surface area contributed by atoms with Crippen LogP contribution in [0, 0.1) is 6.92 Å². The van der Waals surface area contributed by atoms with Crippen LogP contribution in [0.25, 0.3) is 0 Å². The Bertz CT molecular complexity index is 1070. The quantitative estimate of drug-likeness (QED) is 0.387. The summed E-state index contributed by atoms with van der Waals surface area (Å²) >= 11 is 6.44. The van der Waals surface area contributed by atoms with E-state index in [9.17, 15) is 4.79 Å². The van der Waals surface area contributed by atoms with Gasteiger partial charge in [-0.2, -0.15) is 0 Å². The Morgan fingerprint density at radius 2 is 1.70 bits per heavy atom. The van der Waals surface area contributed by atoms with Crippen molar-refractivity contribution >= 4 is 23.2 Å². The van der Waals surface area contributed by atoms with Crippen LogP contribution in [-0.4, -0.2) is 33.3 Å². The maximum Gasteiger partial charge on any atom is 0.262 e. The number of aryl methyl sites for hydroxylation is 1. The maximum atomic E-state index is 12.2. The first-order valence-corrected chi connectivity index (χ1v) is 11.1. The van der Waals surface area contributed by atoms with E-state index < -0.39 is 0 Å². The van der Waals surface area contributed by atoms with E-state index in [2.05, 4.69) is 16.7 Å². The van der Waals surface area contributed by atoms with E-state index in [1.54, 1.807) is 14.2 Å². The first-order valence-electron chi connectivity index (χ1n) is 10.7. The van der Waals surface area contributed by atoms with Crippen LogP contribution in [0.2, 0.25) is 5.02 Å². The number of hydrogen-bond acceptors (Lipinski definition) is 5. The van der Waals surface area contributed by atoms with Crippen molar-refractivity contribution in [2.45, 2.75) is 19.9 Å². The highest BCUT2D eigenvalue weighted by molar-refractivity contribution is 6.32. The number of carbonyl (C=O) groups excluding carboxylic acids is 1. The summed E-state index contributed by atoms with van der Waals surface area (Å²) in [6.45, 7) is 3.19. The van der Waals surface area contributed by atoms with Gasteiger partial charge in [0.15, 0.2) is 18.1 Å². The molecule has 2 N–H and O–H groups in total. The summed E-state index contributed by atoms with van der Waals surface area (Å²) in [7, 11) is 3.22. The van der Waals surface area contributed by atoms with Crippen molar-refractivity contribution in [3.05, 3.63) is 82.4 Å². The molecule has 0 saturated carbocycles. The third-order valence-corrected chi connectivity index (χ3v) is 5.35. The standard InChI is InChI=1S/C26H29ClN2O4/c1-18-8-10-21(11-9-18)29-25(30)17-33-26-22(27)14-19(15-24(26)32-3)16-28-13-12-20-6-4-5-7-23(20)31-2/h4-11,14-15,28H,12-13,16-17H2,1-3H3,(H,29,30). The lowest BCUT2D eigenvalue weighted by molar-refractivity contribution is -0.118. The van der Waals surface area contributed by atoms with Crippen LogP contribution < -0.4 is 24.8 Å². The number of methoxy groups -OCH3 is 2. The summed E-state index contributed by atoms with van der Waals surface area (Å²) in [5, 5.41) is 6.59. The number of halogens is 1. The molecule has 3 rings (SSSR count). The molecular weight excluding hydrogens is 440 g/mol. The van der Waals surface area contributed by atoms with Gasteiger partial charge in [0, 0.05) is 12.2 Å². The lowest BCUT2D eigenvalue weighted by Crippen LogP contribution is -2.20. The second kappa shape index (κ2) is 12.1. The van der Waals surface area contributed by atoms with Crippen molar-refractivity contribution in [1.29, 1.82) is 0 Å². The number of para-hydroxylation sites is 1. The molecule has 0 radical (unpaired) electrons. The van der Waals surface area contributed by atoms with E-state index in [4.69, 9.17) is 25.8 Å². The SMILES string of the molecule is COc1ccccc1CCNCc1cc(Cl)c(OCC(=O)Nc2ccc(C)cc2)c(OC)c1.